The summed E-state index contributed by atoms with van der Waals surface area (Å²) in [6, 6.07) is 3.45. The number of carbonyl (C=O) groups is 1. The highest BCUT2D eigenvalue weighted by Gasteiger charge is 2.32. The van der Waals surface area contributed by atoms with Crippen molar-refractivity contribution >= 4 is 11.8 Å². The summed E-state index contributed by atoms with van der Waals surface area (Å²) in [7, 11) is 0. The van der Waals surface area contributed by atoms with Gasteiger partial charge in [-0.1, -0.05) is 0 Å². The number of fused-ring (bicyclic) bond motifs is 1. The van der Waals surface area contributed by atoms with Crippen LogP contribution < -0.4 is 4.90 Å². The van der Waals surface area contributed by atoms with Crippen LogP contribution in [0.4, 0.5) is 23.7 Å². The molecule has 0 fully saturated rings. The summed E-state index contributed by atoms with van der Waals surface area (Å²) in [5.74, 6) is 0. The van der Waals surface area contributed by atoms with Crippen molar-refractivity contribution in [1.29, 1.82) is 0 Å². The number of anilines is 1. The van der Waals surface area contributed by atoms with E-state index in [2.05, 4.69) is 0 Å². The van der Waals surface area contributed by atoms with Crippen LogP contribution in [0, 0.1) is 0 Å². The summed E-state index contributed by atoms with van der Waals surface area (Å²) in [5, 5.41) is 0. The van der Waals surface area contributed by atoms with E-state index in [0.717, 1.165) is 12.1 Å². The number of aryl methyl sites for hydroxylation is 1. The van der Waals surface area contributed by atoms with Crippen molar-refractivity contribution in [2.24, 2.45) is 0 Å². The maximum Gasteiger partial charge on any atom is 0.416 e. The quantitative estimate of drug-likeness (QED) is 0.782. The third kappa shape index (κ3) is 2.83. The summed E-state index contributed by atoms with van der Waals surface area (Å²) in [6.45, 7) is 2.40. The standard InChI is InChI=1S/C13H14F3NO2/c1-2-19-12(18)17-7-3-4-9-8-10(13(14,15)16)5-6-11(9)17/h5-6,8H,2-4,7H2,1H3. The van der Waals surface area contributed by atoms with Crippen molar-refractivity contribution in [3.05, 3.63) is 29.3 Å². The second kappa shape index (κ2) is 5.11. The van der Waals surface area contributed by atoms with Crippen LogP contribution in [0.5, 0.6) is 0 Å². The molecule has 0 bridgehead atoms. The first-order valence-electron chi connectivity index (χ1n) is 6.08. The molecule has 1 heterocycles. The predicted octanol–water partition coefficient (Wildman–Crippen LogP) is 3.61. The number of rotatable bonds is 1. The highest BCUT2D eigenvalue weighted by atomic mass is 19.4. The second-order valence-corrected chi connectivity index (χ2v) is 4.30. The van der Waals surface area contributed by atoms with E-state index < -0.39 is 17.8 Å². The van der Waals surface area contributed by atoms with Crippen molar-refractivity contribution in [2.45, 2.75) is 25.9 Å². The molecule has 0 N–H and O–H groups in total. The lowest BCUT2D eigenvalue weighted by molar-refractivity contribution is -0.137. The fraction of sp³-hybridized carbons (Fsp3) is 0.462. The molecule has 0 aliphatic carbocycles. The molecule has 1 aliphatic rings. The highest BCUT2D eigenvalue weighted by Crippen LogP contribution is 2.35. The van der Waals surface area contributed by atoms with Crippen LogP contribution in [-0.2, 0) is 17.3 Å². The van der Waals surface area contributed by atoms with Crippen molar-refractivity contribution in [1.82, 2.24) is 0 Å². The number of ether oxygens (including phenoxy) is 1. The van der Waals surface area contributed by atoms with Crippen molar-refractivity contribution in [3.63, 3.8) is 0 Å². The molecule has 19 heavy (non-hydrogen) atoms. The van der Waals surface area contributed by atoms with Crippen LogP contribution in [0.2, 0.25) is 0 Å². The molecular formula is C13H14F3NO2. The Bertz CT molecular complexity index is 485. The van der Waals surface area contributed by atoms with E-state index in [9.17, 15) is 18.0 Å². The largest absolute Gasteiger partial charge is 0.449 e. The van der Waals surface area contributed by atoms with Gasteiger partial charge in [-0.15, -0.1) is 0 Å². The second-order valence-electron chi connectivity index (χ2n) is 4.30. The first-order valence-corrected chi connectivity index (χ1v) is 6.08. The van der Waals surface area contributed by atoms with E-state index in [0.29, 0.717) is 30.6 Å². The minimum atomic E-state index is -4.36. The Kier molecular flexibility index (Phi) is 3.68. The number of amides is 1. The summed E-state index contributed by atoms with van der Waals surface area (Å²) >= 11 is 0. The van der Waals surface area contributed by atoms with Gasteiger partial charge in [0.25, 0.3) is 0 Å². The van der Waals surface area contributed by atoms with Crippen LogP contribution in [0.1, 0.15) is 24.5 Å². The molecule has 1 aliphatic heterocycles. The summed E-state index contributed by atoms with van der Waals surface area (Å²) in [4.78, 5) is 13.1. The molecule has 0 aromatic heterocycles. The third-order valence-corrected chi connectivity index (χ3v) is 3.01. The molecule has 0 unspecified atom stereocenters. The molecule has 2 rings (SSSR count). The molecule has 0 saturated heterocycles. The minimum Gasteiger partial charge on any atom is -0.449 e. The number of hydrogen-bond acceptors (Lipinski definition) is 2. The van der Waals surface area contributed by atoms with Crippen LogP contribution in [0.25, 0.3) is 0 Å². The average molecular weight is 273 g/mol. The number of nitrogens with zero attached hydrogens (tertiary/aromatic N) is 1. The van der Waals surface area contributed by atoms with Gasteiger partial charge >= 0.3 is 12.3 Å². The smallest absolute Gasteiger partial charge is 0.416 e. The zero-order chi connectivity index (χ0) is 14.0. The lowest BCUT2D eigenvalue weighted by atomic mass is 9.99. The maximum atomic E-state index is 12.6. The molecule has 1 amide bonds. The van der Waals surface area contributed by atoms with Crippen molar-refractivity contribution in [2.75, 3.05) is 18.1 Å². The maximum absolute atomic E-state index is 12.6. The van der Waals surface area contributed by atoms with Gasteiger partial charge in [0.15, 0.2) is 0 Å². The van der Waals surface area contributed by atoms with E-state index in [4.69, 9.17) is 4.74 Å². The predicted molar refractivity (Wildman–Crippen MR) is 64.1 cm³/mol. The van der Waals surface area contributed by atoms with E-state index in [1.165, 1.54) is 11.0 Å². The van der Waals surface area contributed by atoms with Gasteiger partial charge < -0.3 is 4.74 Å². The summed E-state index contributed by atoms with van der Waals surface area (Å²) in [5.41, 5.74) is 0.365. The van der Waals surface area contributed by atoms with E-state index in [1.807, 2.05) is 0 Å². The lowest BCUT2D eigenvalue weighted by Crippen LogP contribution is -2.36. The van der Waals surface area contributed by atoms with Gasteiger partial charge in [0.1, 0.15) is 0 Å². The van der Waals surface area contributed by atoms with Gasteiger partial charge in [-0.05, 0) is 43.5 Å². The van der Waals surface area contributed by atoms with Crippen LogP contribution in [-0.4, -0.2) is 19.2 Å². The van der Waals surface area contributed by atoms with Crippen molar-refractivity contribution in [3.8, 4) is 0 Å². The Morgan fingerprint density at radius 2 is 2.16 bits per heavy atom. The fourth-order valence-electron chi connectivity index (χ4n) is 2.16. The van der Waals surface area contributed by atoms with E-state index in [-0.39, 0.29) is 6.61 Å². The summed E-state index contributed by atoms with van der Waals surface area (Å²) < 4.78 is 42.8. The molecule has 0 saturated carbocycles. The average Bonchev–Trinajstić information content (AvgIpc) is 2.36. The van der Waals surface area contributed by atoms with Gasteiger partial charge in [-0.3, -0.25) is 4.90 Å². The van der Waals surface area contributed by atoms with Crippen molar-refractivity contribution < 1.29 is 22.7 Å². The molecule has 6 heteroatoms. The number of carbonyl (C=O) groups excluding carboxylic acids is 1. The highest BCUT2D eigenvalue weighted by molar-refractivity contribution is 5.89. The Labute approximate surface area is 109 Å². The zero-order valence-electron chi connectivity index (χ0n) is 10.5. The molecule has 1 aromatic carbocycles. The lowest BCUT2D eigenvalue weighted by Gasteiger charge is -2.29. The molecule has 104 valence electrons. The van der Waals surface area contributed by atoms with E-state index in [1.54, 1.807) is 6.92 Å². The van der Waals surface area contributed by atoms with Crippen LogP contribution in [0.3, 0.4) is 0 Å². The zero-order valence-corrected chi connectivity index (χ0v) is 10.5. The van der Waals surface area contributed by atoms with Gasteiger partial charge in [0.05, 0.1) is 17.9 Å². The Morgan fingerprint density at radius 3 is 2.79 bits per heavy atom. The monoisotopic (exact) mass is 273 g/mol. The molecule has 3 nitrogen and oxygen atoms in total. The van der Waals surface area contributed by atoms with Gasteiger partial charge in [-0.2, -0.15) is 13.2 Å². The SMILES string of the molecule is CCOC(=O)N1CCCc2cc(C(F)(F)F)ccc21. The minimum absolute atomic E-state index is 0.241. The number of benzene rings is 1. The third-order valence-electron chi connectivity index (χ3n) is 3.01. The molecule has 0 radical (unpaired) electrons. The van der Waals surface area contributed by atoms with Gasteiger partial charge in [0, 0.05) is 6.54 Å². The van der Waals surface area contributed by atoms with Gasteiger partial charge in [-0.25, -0.2) is 4.79 Å². The van der Waals surface area contributed by atoms with E-state index >= 15 is 0 Å². The molecule has 1 aromatic rings. The number of hydrogen-bond donors (Lipinski definition) is 0. The summed E-state index contributed by atoms with van der Waals surface area (Å²) in [6.07, 6.45) is -3.70. The Morgan fingerprint density at radius 1 is 1.42 bits per heavy atom. The van der Waals surface area contributed by atoms with Crippen LogP contribution >= 0.6 is 0 Å². The number of alkyl halides is 3. The van der Waals surface area contributed by atoms with Gasteiger partial charge in [0.2, 0.25) is 0 Å². The normalized spacial score (nSPS) is 15.1. The Balaban J connectivity index is 2.33. The first kappa shape index (κ1) is 13.7. The first-order chi connectivity index (χ1) is 8.93. The molecule has 0 atom stereocenters. The molecular weight excluding hydrogens is 259 g/mol. The topological polar surface area (TPSA) is 29.5 Å². The van der Waals surface area contributed by atoms with Crippen LogP contribution in [0.15, 0.2) is 18.2 Å². The Hall–Kier alpha value is -1.72. The number of halogens is 3. The fourth-order valence-corrected chi connectivity index (χ4v) is 2.16. The molecule has 0 spiro atoms.